The third-order valence-electron chi connectivity index (χ3n) is 3.58. The van der Waals surface area contributed by atoms with E-state index in [9.17, 15) is 17.2 Å². The molecule has 0 atom stereocenters. The summed E-state index contributed by atoms with van der Waals surface area (Å²) in [4.78, 5) is 3.04. The van der Waals surface area contributed by atoms with Gasteiger partial charge in [0, 0.05) is 5.56 Å². The van der Waals surface area contributed by atoms with Crippen LogP contribution in [0, 0.1) is 0 Å². The monoisotopic (exact) mass is 379 g/mol. The Morgan fingerprint density at radius 2 is 1.81 bits per heavy atom. The summed E-state index contributed by atoms with van der Waals surface area (Å²) in [6.45, 7) is 0. The fourth-order valence-electron chi connectivity index (χ4n) is 2.33. The molecule has 26 heavy (non-hydrogen) atoms. The first-order valence-electron chi connectivity index (χ1n) is 7.51. The number of sulfonamides is 1. The molecule has 1 aromatic heterocycles. The number of alkyl halides is 2. The number of rotatable bonds is 6. The molecule has 0 amide bonds. The summed E-state index contributed by atoms with van der Waals surface area (Å²) in [7, 11) is -2.53. The normalized spacial score (nSPS) is 11.5. The van der Waals surface area contributed by atoms with Gasteiger partial charge in [-0.1, -0.05) is 30.3 Å². The average molecular weight is 379 g/mol. The highest BCUT2D eigenvalue weighted by Gasteiger charge is 2.21. The third-order valence-corrected chi connectivity index (χ3v) is 4.88. The molecule has 2 aromatic carbocycles. The van der Waals surface area contributed by atoms with Crippen LogP contribution in [0.15, 0.2) is 65.6 Å². The molecule has 6 nitrogen and oxygen atoms in total. The van der Waals surface area contributed by atoms with Gasteiger partial charge in [0.2, 0.25) is 0 Å². The first-order valence-corrected chi connectivity index (χ1v) is 8.99. The SMILES string of the molecule is COc1cccc(-c2cc(C(F)F)nn2NS(=O)(=O)c2ccccc2)c1. The van der Waals surface area contributed by atoms with Gasteiger partial charge in [0.15, 0.2) is 0 Å². The molecule has 0 bridgehead atoms. The van der Waals surface area contributed by atoms with Crippen LogP contribution in [0.1, 0.15) is 12.1 Å². The summed E-state index contributed by atoms with van der Waals surface area (Å²) < 4.78 is 56.3. The van der Waals surface area contributed by atoms with Gasteiger partial charge in [-0.25, -0.2) is 8.78 Å². The lowest BCUT2D eigenvalue weighted by molar-refractivity contribution is 0.145. The summed E-state index contributed by atoms with van der Waals surface area (Å²) in [6, 6.07) is 15.3. The molecule has 1 heterocycles. The second kappa shape index (κ2) is 7.12. The smallest absolute Gasteiger partial charge is 0.282 e. The fourth-order valence-corrected chi connectivity index (χ4v) is 3.32. The molecule has 1 N–H and O–H groups in total. The van der Waals surface area contributed by atoms with Gasteiger partial charge in [0.25, 0.3) is 16.4 Å². The maximum Gasteiger partial charge on any atom is 0.282 e. The molecule has 0 saturated carbocycles. The highest BCUT2D eigenvalue weighted by molar-refractivity contribution is 7.92. The Hall–Kier alpha value is -2.94. The van der Waals surface area contributed by atoms with Crippen molar-refractivity contribution in [3.8, 4) is 17.0 Å². The zero-order valence-electron chi connectivity index (χ0n) is 13.6. The highest BCUT2D eigenvalue weighted by atomic mass is 32.2. The van der Waals surface area contributed by atoms with Crippen molar-refractivity contribution in [1.29, 1.82) is 0 Å². The van der Waals surface area contributed by atoms with Crippen LogP contribution < -0.4 is 9.57 Å². The average Bonchev–Trinajstić information content (AvgIpc) is 3.06. The lowest BCUT2D eigenvalue weighted by Crippen LogP contribution is -2.25. The lowest BCUT2D eigenvalue weighted by Gasteiger charge is -2.11. The van der Waals surface area contributed by atoms with E-state index in [1.54, 1.807) is 42.5 Å². The van der Waals surface area contributed by atoms with Gasteiger partial charge in [-0.3, -0.25) is 0 Å². The molecule has 0 radical (unpaired) electrons. The molecular weight excluding hydrogens is 364 g/mol. The largest absolute Gasteiger partial charge is 0.497 e. The molecule has 0 saturated heterocycles. The van der Waals surface area contributed by atoms with E-state index in [-0.39, 0.29) is 10.6 Å². The van der Waals surface area contributed by atoms with Crippen LogP contribution in [-0.2, 0) is 10.0 Å². The Labute approximate surface area is 149 Å². The van der Waals surface area contributed by atoms with Crippen molar-refractivity contribution in [3.63, 3.8) is 0 Å². The summed E-state index contributed by atoms with van der Waals surface area (Å²) in [5.74, 6) is 0.500. The third kappa shape index (κ3) is 3.67. The summed E-state index contributed by atoms with van der Waals surface area (Å²) in [5, 5.41) is 3.69. The summed E-state index contributed by atoms with van der Waals surface area (Å²) in [6.07, 6.45) is -2.85. The van der Waals surface area contributed by atoms with Gasteiger partial charge in [-0.05, 0) is 30.3 Å². The molecular formula is C17H15F2N3O3S. The van der Waals surface area contributed by atoms with E-state index >= 15 is 0 Å². The van der Waals surface area contributed by atoms with E-state index in [0.717, 1.165) is 10.9 Å². The van der Waals surface area contributed by atoms with Crippen molar-refractivity contribution in [3.05, 3.63) is 66.4 Å². The van der Waals surface area contributed by atoms with Crippen LogP contribution in [0.3, 0.4) is 0 Å². The summed E-state index contributed by atoms with van der Waals surface area (Å²) >= 11 is 0. The maximum absolute atomic E-state index is 13.1. The number of methoxy groups -OCH3 is 1. The second-order valence-corrected chi connectivity index (χ2v) is 6.97. The Kier molecular flexibility index (Phi) is 4.90. The van der Waals surface area contributed by atoms with E-state index < -0.39 is 22.1 Å². The topological polar surface area (TPSA) is 73.2 Å². The predicted molar refractivity (Wildman–Crippen MR) is 92.2 cm³/mol. The number of nitrogens with one attached hydrogen (secondary N) is 1. The molecule has 9 heteroatoms. The van der Waals surface area contributed by atoms with E-state index in [1.807, 2.05) is 0 Å². The molecule has 3 rings (SSSR count). The number of hydrogen-bond donors (Lipinski definition) is 1. The first kappa shape index (κ1) is 17.9. The number of nitrogens with zero attached hydrogens (tertiary/aromatic N) is 2. The van der Waals surface area contributed by atoms with Gasteiger partial charge >= 0.3 is 0 Å². The van der Waals surface area contributed by atoms with E-state index in [2.05, 4.69) is 9.93 Å². The fraction of sp³-hybridized carbons (Fsp3) is 0.118. The number of halogens is 2. The molecule has 0 spiro atoms. The Morgan fingerprint density at radius 3 is 2.46 bits per heavy atom. The molecule has 0 fully saturated rings. The van der Waals surface area contributed by atoms with Gasteiger partial charge in [-0.15, -0.1) is 0 Å². The van der Waals surface area contributed by atoms with Crippen LogP contribution in [0.25, 0.3) is 11.3 Å². The highest BCUT2D eigenvalue weighted by Crippen LogP contribution is 2.28. The minimum Gasteiger partial charge on any atom is -0.497 e. The Balaban J connectivity index is 2.06. The minimum atomic E-state index is -4.00. The standard InChI is InChI=1S/C17H15F2N3O3S/c1-25-13-7-5-6-12(10-13)16-11-15(17(18)19)20-22(16)21-26(23,24)14-8-3-2-4-9-14/h2-11,17,21H,1H3. The van der Waals surface area contributed by atoms with Gasteiger partial charge < -0.3 is 4.74 Å². The lowest BCUT2D eigenvalue weighted by atomic mass is 10.1. The zero-order valence-corrected chi connectivity index (χ0v) is 14.5. The number of benzene rings is 2. The van der Waals surface area contributed by atoms with Crippen LogP contribution in [0.2, 0.25) is 0 Å². The van der Waals surface area contributed by atoms with Crippen molar-refractivity contribution in [2.75, 3.05) is 11.9 Å². The molecule has 0 aliphatic carbocycles. The van der Waals surface area contributed by atoms with E-state index in [0.29, 0.717) is 11.3 Å². The van der Waals surface area contributed by atoms with Gasteiger partial charge in [-0.2, -0.15) is 23.1 Å². The maximum atomic E-state index is 13.1. The van der Waals surface area contributed by atoms with Crippen molar-refractivity contribution < 1.29 is 21.9 Å². The van der Waals surface area contributed by atoms with Crippen LogP contribution in [0.4, 0.5) is 8.78 Å². The van der Waals surface area contributed by atoms with E-state index in [4.69, 9.17) is 4.74 Å². The Morgan fingerprint density at radius 1 is 1.08 bits per heavy atom. The van der Waals surface area contributed by atoms with Crippen molar-refractivity contribution >= 4 is 10.0 Å². The van der Waals surface area contributed by atoms with Crippen molar-refractivity contribution in [2.24, 2.45) is 0 Å². The quantitative estimate of drug-likeness (QED) is 0.712. The number of aromatic nitrogens is 2. The van der Waals surface area contributed by atoms with Crippen molar-refractivity contribution in [1.82, 2.24) is 9.89 Å². The van der Waals surface area contributed by atoms with Crippen LogP contribution in [-0.4, -0.2) is 25.4 Å². The molecule has 0 aliphatic rings. The van der Waals surface area contributed by atoms with Crippen LogP contribution >= 0.6 is 0 Å². The predicted octanol–water partition coefficient (Wildman–Crippen LogP) is 3.43. The van der Waals surface area contributed by atoms with Crippen LogP contribution in [0.5, 0.6) is 5.75 Å². The number of hydrogen-bond acceptors (Lipinski definition) is 4. The summed E-state index contributed by atoms with van der Waals surface area (Å²) in [5.41, 5.74) is 0.0943. The van der Waals surface area contributed by atoms with Crippen molar-refractivity contribution in [2.45, 2.75) is 11.3 Å². The van der Waals surface area contributed by atoms with E-state index in [1.165, 1.54) is 19.2 Å². The van der Waals surface area contributed by atoms with Gasteiger partial charge in [0.05, 0.1) is 17.7 Å². The minimum absolute atomic E-state index is 0.00862. The number of ether oxygens (including phenoxy) is 1. The molecule has 3 aromatic rings. The molecule has 0 aliphatic heterocycles. The Bertz CT molecular complexity index is 1010. The van der Waals surface area contributed by atoms with Gasteiger partial charge in [0.1, 0.15) is 11.4 Å². The zero-order chi connectivity index (χ0) is 18.7. The first-order chi connectivity index (χ1) is 12.4. The second-order valence-electron chi connectivity index (χ2n) is 5.31. The molecule has 136 valence electrons. The molecule has 0 unspecified atom stereocenters.